The minimum Gasteiger partial charge on any atom is -0.382 e. The Morgan fingerprint density at radius 1 is 1.47 bits per heavy atom. The molecule has 2 rings (SSSR count). The van der Waals surface area contributed by atoms with E-state index in [0.29, 0.717) is 5.52 Å². The highest BCUT2D eigenvalue weighted by Gasteiger charge is 2.38. The summed E-state index contributed by atoms with van der Waals surface area (Å²) in [5.41, 5.74) is 0.787. The fourth-order valence-corrected chi connectivity index (χ4v) is 1.49. The van der Waals surface area contributed by atoms with Gasteiger partial charge in [0.15, 0.2) is 6.10 Å². The van der Waals surface area contributed by atoms with Crippen LogP contribution < -0.4 is 5.32 Å². The predicted octanol–water partition coefficient (Wildman–Crippen LogP) is 1.22. The molecular weight excluding hydrogens is 263 g/mol. The first-order valence-electron chi connectivity index (χ1n) is 5.34. The lowest BCUT2D eigenvalue weighted by molar-refractivity contribution is -0.201. The molecule has 0 saturated heterocycles. The van der Waals surface area contributed by atoms with Crippen molar-refractivity contribution in [3.63, 3.8) is 0 Å². The molecule has 0 aliphatic rings. The van der Waals surface area contributed by atoms with Crippen LogP contribution in [0.2, 0.25) is 0 Å². The highest BCUT2D eigenvalue weighted by Crippen LogP contribution is 2.19. The first-order chi connectivity index (χ1) is 8.88. The van der Waals surface area contributed by atoms with E-state index in [1.165, 1.54) is 12.1 Å². The van der Waals surface area contributed by atoms with Crippen LogP contribution in [0.25, 0.3) is 10.9 Å². The van der Waals surface area contributed by atoms with E-state index in [1.807, 2.05) is 5.32 Å². The number of benzene rings is 1. The minimum atomic E-state index is -4.75. The fraction of sp³-hybridized carbons (Fsp3) is 0.273. The van der Waals surface area contributed by atoms with Gasteiger partial charge in [-0.1, -0.05) is 6.07 Å². The monoisotopic (exact) mass is 273 g/mol. The summed E-state index contributed by atoms with van der Waals surface area (Å²) in [7, 11) is 0. The van der Waals surface area contributed by atoms with Gasteiger partial charge in [-0.25, -0.2) is 0 Å². The maximum absolute atomic E-state index is 12.1. The topological polar surface area (TPSA) is 78.0 Å². The van der Waals surface area contributed by atoms with Crippen molar-refractivity contribution in [2.45, 2.75) is 12.3 Å². The number of nitrogens with zero attached hydrogens (tertiary/aromatic N) is 1. The number of aromatic nitrogens is 2. The van der Waals surface area contributed by atoms with Gasteiger partial charge in [-0.15, -0.1) is 0 Å². The molecule has 5 nitrogen and oxygen atoms in total. The van der Waals surface area contributed by atoms with Crippen molar-refractivity contribution in [3.05, 3.63) is 30.0 Å². The van der Waals surface area contributed by atoms with Crippen molar-refractivity contribution in [3.8, 4) is 0 Å². The molecule has 1 aromatic carbocycles. The standard InChI is InChI=1S/C11H10F3N3O2/c12-11(13,14)9(18)5-15-10(19)6-1-2-7-4-16-17-8(7)3-6/h1-4,9,18H,5H2,(H,15,19)(H,16,17). The summed E-state index contributed by atoms with van der Waals surface area (Å²) in [5, 5.41) is 18.0. The van der Waals surface area contributed by atoms with E-state index < -0.39 is 24.7 Å². The Morgan fingerprint density at radius 3 is 2.89 bits per heavy atom. The van der Waals surface area contributed by atoms with Crippen LogP contribution in [0.3, 0.4) is 0 Å². The number of hydrogen-bond acceptors (Lipinski definition) is 3. The van der Waals surface area contributed by atoms with E-state index in [-0.39, 0.29) is 5.56 Å². The molecule has 0 bridgehead atoms. The average Bonchev–Trinajstić information content (AvgIpc) is 2.81. The Labute approximate surface area is 105 Å². The zero-order valence-electron chi connectivity index (χ0n) is 9.53. The summed E-state index contributed by atoms with van der Waals surface area (Å²) in [4.78, 5) is 11.6. The summed E-state index contributed by atoms with van der Waals surface area (Å²) >= 11 is 0. The second-order valence-corrected chi connectivity index (χ2v) is 3.94. The number of carbonyl (C=O) groups is 1. The van der Waals surface area contributed by atoms with E-state index in [4.69, 9.17) is 5.11 Å². The zero-order chi connectivity index (χ0) is 14.0. The molecule has 0 aliphatic carbocycles. The number of H-pyrrole nitrogens is 1. The second-order valence-electron chi connectivity index (χ2n) is 3.94. The van der Waals surface area contributed by atoms with Gasteiger partial charge >= 0.3 is 6.18 Å². The van der Waals surface area contributed by atoms with Crippen LogP contribution in [-0.2, 0) is 0 Å². The molecule has 19 heavy (non-hydrogen) atoms. The second kappa shape index (κ2) is 4.88. The van der Waals surface area contributed by atoms with Gasteiger partial charge in [0, 0.05) is 10.9 Å². The molecule has 0 spiro atoms. The van der Waals surface area contributed by atoms with Gasteiger partial charge in [0.2, 0.25) is 0 Å². The zero-order valence-corrected chi connectivity index (χ0v) is 9.53. The quantitative estimate of drug-likeness (QED) is 0.786. The van der Waals surface area contributed by atoms with Crippen molar-refractivity contribution in [2.75, 3.05) is 6.54 Å². The lowest BCUT2D eigenvalue weighted by atomic mass is 10.1. The molecule has 1 heterocycles. The molecule has 2 aromatic rings. The highest BCUT2D eigenvalue weighted by molar-refractivity contribution is 5.97. The Bertz CT molecular complexity index is 594. The predicted molar refractivity (Wildman–Crippen MR) is 60.5 cm³/mol. The maximum atomic E-state index is 12.1. The van der Waals surface area contributed by atoms with E-state index >= 15 is 0 Å². The van der Waals surface area contributed by atoms with Crippen LogP contribution in [0.1, 0.15) is 10.4 Å². The normalized spacial score (nSPS) is 13.5. The van der Waals surface area contributed by atoms with E-state index in [0.717, 1.165) is 5.39 Å². The molecule has 3 N–H and O–H groups in total. The minimum absolute atomic E-state index is 0.186. The molecule has 1 aromatic heterocycles. The molecule has 1 atom stereocenters. The van der Waals surface area contributed by atoms with Crippen molar-refractivity contribution >= 4 is 16.8 Å². The van der Waals surface area contributed by atoms with Crippen molar-refractivity contribution < 1.29 is 23.1 Å². The lowest BCUT2D eigenvalue weighted by Gasteiger charge is -2.14. The molecular formula is C11H10F3N3O2. The summed E-state index contributed by atoms with van der Waals surface area (Å²) < 4.78 is 36.2. The number of hydrogen-bond donors (Lipinski definition) is 3. The fourth-order valence-electron chi connectivity index (χ4n) is 1.49. The number of fused-ring (bicyclic) bond motifs is 1. The summed E-state index contributed by atoms with van der Waals surface area (Å²) in [6.07, 6.45) is -5.77. The number of aliphatic hydroxyl groups excluding tert-OH is 1. The smallest absolute Gasteiger partial charge is 0.382 e. The van der Waals surface area contributed by atoms with Crippen LogP contribution in [0.4, 0.5) is 13.2 Å². The Morgan fingerprint density at radius 2 is 2.21 bits per heavy atom. The van der Waals surface area contributed by atoms with Crippen LogP contribution in [0, 0.1) is 0 Å². The van der Waals surface area contributed by atoms with Crippen LogP contribution in [0.15, 0.2) is 24.4 Å². The summed E-state index contributed by atoms with van der Waals surface area (Å²) in [6, 6.07) is 4.55. The van der Waals surface area contributed by atoms with Gasteiger partial charge < -0.3 is 10.4 Å². The maximum Gasteiger partial charge on any atom is 0.416 e. The molecule has 0 radical (unpaired) electrons. The molecule has 0 aliphatic heterocycles. The van der Waals surface area contributed by atoms with Crippen molar-refractivity contribution in [1.29, 1.82) is 0 Å². The number of halogens is 3. The van der Waals surface area contributed by atoms with E-state index in [9.17, 15) is 18.0 Å². The third-order valence-corrected chi connectivity index (χ3v) is 2.54. The van der Waals surface area contributed by atoms with Gasteiger partial charge in [0.1, 0.15) is 0 Å². The van der Waals surface area contributed by atoms with E-state index in [2.05, 4.69) is 10.2 Å². The largest absolute Gasteiger partial charge is 0.416 e. The Kier molecular flexibility index (Phi) is 3.43. The van der Waals surface area contributed by atoms with Crippen LogP contribution in [0.5, 0.6) is 0 Å². The molecule has 1 unspecified atom stereocenters. The molecule has 1 amide bonds. The average molecular weight is 273 g/mol. The molecule has 102 valence electrons. The highest BCUT2D eigenvalue weighted by atomic mass is 19.4. The Balaban J connectivity index is 2.03. The Hall–Kier alpha value is -2.09. The first kappa shape index (κ1) is 13.3. The third-order valence-electron chi connectivity index (χ3n) is 2.54. The lowest BCUT2D eigenvalue weighted by Crippen LogP contribution is -2.40. The van der Waals surface area contributed by atoms with Gasteiger partial charge in [0.25, 0.3) is 5.91 Å². The number of aliphatic hydroxyl groups is 1. The molecule has 0 fully saturated rings. The SMILES string of the molecule is O=C(NCC(O)C(F)(F)F)c1ccc2cn[nH]c2c1. The van der Waals surface area contributed by atoms with E-state index in [1.54, 1.807) is 12.3 Å². The molecule has 8 heteroatoms. The summed E-state index contributed by atoms with van der Waals surface area (Å²) in [6.45, 7) is -0.886. The van der Waals surface area contributed by atoms with Crippen LogP contribution >= 0.6 is 0 Å². The number of amides is 1. The number of alkyl halides is 3. The summed E-state index contributed by atoms with van der Waals surface area (Å²) in [5.74, 6) is -0.695. The molecule has 0 saturated carbocycles. The van der Waals surface area contributed by atoms with Gasteiger partial charge in [-0.05, 0) is 12.1 Å². The number of nitrogens with one attached hydrogen (secondary N) is 2. The van der Waals surface area contributed by atoms with Crippen molar-refractivity contribution in [2.24, 2.45) is 0 Å². The number of rotatable bonds is 3. The van der Waals surface area contributed by atoms with Crippen LogP contribution in [-0.4, -0.2) is 40.0 Å². The number of carbonyl (C=O) groups excluding carboxylic acids is 1. The number of aromatic amines is 1. The van der Waals surface area contributed by atoms with Crippen molar-refractivity contribution in [1.82, 2.24) is 15.5 Å². The first-order valence-corrected chi connectivity index (χ1v) is 5.34. The van der Waals surface area contributed by atoms with Gasteiger partial charge in [0.05, 0.1) is 18.3 Å². The van der Waals surface area contributed by atoms with Gasteiger partial charge in [-0.3, -0.25) is 9.89 Å². The van der Waals surface area contributed by atoms with Gasteiger partial charge in [-0.2, -0.15) is 18.3 Å². The third kappa shape index (κ3) is 3.02.